The van der Waals surface area contributed by atoms with Crippen LogP contribution in [-0.4, -0.2) is 30.6 Å². The minimum absolute atomic E-state index is 0.142. The fraction of sp³-hybridized carbons (Fsp3) is 0.250. The van der Waals surface area contributed by atoms with Crippen LogP contribution in [0.3, 0.4) is 0 Å². The maximum atomic E-state index is 12.4. The summed E-state index contributed by atoms with van der Waals surface area (Å²) in [5.41, 5.74) is 2.70. The predicted octanol–water partition coefficient (Wildman–Crippen LogP) is 3.46. The van der Waals surface area contributed by atoms with E-state index in [9.17, 15) is 4.79 Å². The van der Waals surface area contributed by atoms with Crippen molar-refractivity contribution >= 4 is 22.9 Å². The van der Waals surface area contributed by atoms with Gasteiger partial charge in [-0.05, 0) is 30.7 Å². The van der Waals surface area contributed by atoms with Gasteiger partial charge < -0.3 is 9.09 Å². The number of carbonyl (C=O) groups is 1. The molecule has 4 rings (SSSR count). The van der Waals surface area contributed by atoms with E-state index in [4.69, 9.17) is 4.52 Å². The summed E-state index contributed by atoms with van der Waals surface area (Å²) in [4.78, 5) is 25.3. The van der Waals surface area contributed by atoms with Gasteiger partial charge in [0.15, 0.2) is 0 Å². The molecule has 0 saturated heterocycles. The number of rotatable bonds is 7. The minimum Gasteiger partial charge on any atom is -0.339 e. The second-order valence-electron chi connectivity index (χ2n) is 6.37. The van der Waals surface area contributed by atoms with Crippen LogP contribution in [0.5, 0.6) is 0 Å². The average molecular weight is 376 g/mol. The van der Waals surface area contributed by atoms with Gasteiger partial charge in [0.1, 0.15) is 0 Å². The molecule has 0 aliphatic carbocycles. The zero-order chi connectivity index (χ0) is 19.3. The van der Waals surface area contributed by atoms with Crippen molar-refractivity contribution in [1.29, 1.82) is 0 Å². The summed E-state index contributed by atoms with van der Waals surface area (Å²) in [5.74, 6) is 1.33. The smallest absolute Gasteiger partial charge is 0.227 e. The number of hydrogen-bond acceptors (Lipinski definition) is 6. The molecule has 3 aromatic heterocycles. The molecule has 0 aliphatic heterocycles. The van der Waals surface area contributed by atoms with E-state index in [0.29, 0.717) is 24.1 Å². The number of amides is 1. The van der Waals surface area contributed by atoms with Crippen LogP contribution in [0.25, 0.3) is 22.4 Å². The highest BCUT2D eigenvalue weighted by Gasteiger charge is 2.14. The van der Waals surface area contributed by atoms with E-state index >= 15 is 0 Å². The summed E-state index contributed by atoms with van der Waals surface area (Å²) in [5, 5.41) is 6.86. The summed E-state index contributed by atoms with van der Waals surface area (Å²) in [6.07, 6.45) is 4.87. The first-order valence-corrected chi connectivity index (χ1v) is 9.22. The number of imidazole rings is 1. The molecule has 0 bridgehead atoms. The van der Waals surface area contributed by atoms with Crippen LogP contribution >= 0.6 is 0 Å². The summed E-state index contributed by atoms with van der Waals surface area (Å²) in [6, 6.07) is 11.5. The highest BCUT2D eigenvalue weighted by molar-refractivity contribution is 5.91. The van der Waals surface area contributed by atoms with Crippen LogP contribution in [0.2, 0.25) is 0 Å². The largest absolute Gasteiger partial charge is 0.339 e. The number of pyridine rings is 1. The van der Waals surface area contributed by atoms with Crippen molar-refractivity contribution in [3.63, 3.8) is 0 Å². The summed E-state index contributed by atoms with van der Waals surface area (Å²) >= 11 is 0. The molecule has 0 spiro atoms. The fourth-order valence-electron chi connectivity index (χ4n) is 3.00. The molecule has 8 heteroatoms. The summed E-state index contributed by atoms with van der Waals surface area (Å²) < 4.78 is 7.28. The Morgan fingerprint density at radius 3 is 2.79 bits per heavy atom. The van der Waals surface area contributed by atoms with Gasteiger partial charge >= 0.3 is 0 Å². The molecule has 4 aromatic rings. The van der Waals surface area contributed by atoms with Crippen LogP contribution in [0.15, 0.2) is 53.3 Å². The van der Waals surface area contributed by atoms with E-state index in [0.717, 1.165) is 29.6 Å². The van der Waals surface area contributed by atoms with Crippen molar-refractivity contribution < 1.29 is 9.32 Å². The standard InChI is InChI=1S/C20H20N6O2/c1-2-13-26-16-6-4-3-5-15(16)22-20(26)23-17(27)7-8-18-24-19(25-28-18)14-9-11-21-12-10-14/h3-6,9-12H,2,7-8,13H2,1H3,(H,22,23,27). The maximum absolute atomic E-state index is 12.4. The molecule has 1 aromatic carbocycles. The fourth-order valence-corrected chi connectivity index (χ4v) is 3.00. The Balaban J connectivity index is 1.42. The number of fused-ring (bicyclic) bond motifs is 1. The number of nitrogens with one attached hydrogen (secondary N) is 1. The molecule has 0 atom stereocenters. The van der Waals surface area contributed by atoms with E-state index in [2.05, 4.69) is 32.3 Å². The van der Waals surface area contributed by atoms with Crippen LogP contribution in [0.1, 0.15) is 25.7 Å². The van der Waals surface area contributed by atoms with Crippen molar-refractivity contribution in [2.24, 2.45) is 0 Å². The van der Waals surface area contributed by atoms with Gasteiger partial charge in [-0.15, -0.1) is 0 Å². The Bertz CT molecular complexity index is 1090. The van der Waals surface area contributed by atoms with Gasteiger partial charge in [-0.1, -0.05) is 24.2 Å². The Labute approximate surface area is 161 Å². The first-order valence-electron chi connectivity index (χ1n) is 9.22. The third kappa shape index (κ3) is 3.75. The molecule has 0 fully saturated rings. The number of nitrogens with zero attached hydrogens (tertiary/aromatic N) is 5. The van der Waals surface area contributed by atoms with Gasteiger partial charge in [-0.2, -0.15) is 4.98 Å². The quantitative estimate of drug-likeness (QED) is 0.530. The average Bonchev–Trinajstić information content (AvgIpc) is 3.33. The molecule has 142 valence electrons. The molecule has 0 aliphatic rings. The van der Waals surface area contributed by atoms with Gasteiger partial charge in [0, 0.05) is 37.3 Å². The Hall–Kier alpha value is -3.55. The van der Waals surface area contributed by atoms with Crippen molar-refractivity contribution in [2.45, 2.75) is 32.7 Å². The maximum Gasteiger partial charge on any atom is 0.227 e. The van der Waals surface area contributed by atoms with E-state index in [1.165, 1.54) is 0 Å². The van der Waals surface area contributed by atoms with E-state index in [1.54, 1.807) is 24.5 Å². The van der Waals surface area contributed by atoms with Crippen molar-refractivity contribution in [2.75, 3.05) is 5.32 Å². The zero-order valence-corrected chi connectivity index (χ0v) is 15.5. The highest BCUT2D eigenvalue weighted by atomic mass is 16.5. The summed E-state index contributed by atoms with van der Waals surface area (Å²) in [7, 11) is 0. The van der Waals surface area contributed by atoms with Crippen LogP contribution in [-0.2, 0) is 17.8 Å². The molecule has 1 amide bonds. The first kappa shape index (κ1) is 17.8. The molecular weight excluding hydrogens is 356 g/mol. The Kier molecular flexibility index (Phi) is 5.09. The Morgan fingerprint density at radius 2 is 1.96 bits per heavy atom. The predicted molar refractivity (Wildman–Crippen MR) is 105 cm³/mol. The van der Waals surface area contributed by atoms with E-state index < -0.39 is 0 Å². The summed E-state index contributed by atoms with van der Waals surface area (Å²) in [6.45, 7) is 2.88. The molecule has 0 radical (unpaired) electrons. The van der Waals surface area contributed by atoms with Gasteiger partial charge in [0.05, 0.1) is 11.0 Å². The minimum atomic E-state index is -0.142. The van der Waals surface area contributed by atoms with Gasteiger partial charge in [-0.3, -0.25) is 15.1 Å². The zero-order valence-electron chi connectivity index (χ0n) is 15.5. The molecule has 0 unspecified atom stereocenters. The third-order valence-corrected chi connectivity index (χ3v) is 4.33. The molecule has 28 heavy (non-hydrogen) atoms. The van der Waals surface area contributed by atoms with Gasteiger partial charge in [-0.25, -0.2) is 4.98 Å². The van der Waals surface area contributed by atoms with Gasteiger partial charge in [0.2, 0.25) is 23.6 Å². The highest BCUT2D eigenvalue weighted by Crippen LogP contribution is 2.20. The third-order valence-electron chi connectivity index (χ3n) is 4.33. The van der Waals surface area contributed by atoms with E-state index in [1.807, 2.05) is 28.8 Å². The molecule has 8 nitrogen and oxygen atoms in total. The molecular formula is C20H20N6O2. The SMILES string of the molecule is CCCn1c(NC(=O)CCc2nc(-c3ccncc3)no2)nc2ccccc21. The normalized spacial score (nSPS) is 11.0. The lowest BCUT2D eigenvalue weighted by Gasteiger charge is -2.08. The number of aryl methyl sites for hydroxylation is 2. The molecule has 1 N–H and O–H groups in total. The van der Waals surface area contributed by atoms with Crippen LogP contribution in [0.4, 0.5) is 5.95 Å². The molecule has 3 heterocycles. The van der Waals surface area contributed by atoms with Crippen LogP contribution < -0.4 is 5.32 Å². The number of aromatic nitrogens is 5. The van der Waals surface area contributed by atoms with Crippen molar-refractivity contribution in [3.05, 3.63) is 54.7 Å². The number of hydrogen-bond donors (Lipinski definition) is 1. The number of para-hydroxylation sites is 2. The number of anilines is 1. The second kappa shape index (κ2) is 7.99. The lowest BCUT2D eigenvalue weighted by molar-refractivity contribution is -0.116. The molecule has 0 saturated carbocycles. The Morgan fingerprint density at radius 1 is 1.14 bits per heavy atom. The van der Waals surface area contributed by atoms with E-state index in [-0.39, 0.29) is 12.3 Å². The van der Waals surface area contributed by atoms with Gasteiger partial charge in [0.25, 0.3) is 0 Å². The lowest BCUT2D eigenvalue weighted by atomic mass is 10.2. The van der Waals surface area contributed by atoms with Crippen molar-refractivity contribution in [1.82, 2.24) is 24.7 Å². The van der Waals surface area contributed by atoms with Crippen molar-refractivity contribution in [3.8, 4) is 11.4 Å². The second-order valence-corrected chi connectivity index (χ2v) is 6.37. The first-order chi connectivity index (χ1) is 13.7. The van der Waals surface area contributed by atoms with Crippen LogP contribution in [0, 0.1) is 0 Å². The topological polar surface area (TPSA) is 98.7 Å². The number of benzene rings is 1. The number of carbonyl (C=O) groups excluding carboxylic acids is 1. The monoisotopic (exact) mass is 376 g/mol. The lowest BCUT2D eigenvalue weighted by Crippen LogP contribution is -2.16.